The number of carbonyl (C=O) groups is 1. The number of rotatable bonds is 7. The molecule has 1 N–H and O–H groups in total. The molecule has 0 saturated heterocycles. The first-order chi connectivity index (χ1) is 8.26. The van der Waals surface area contributed by atoms with E-state index in [1.807, 2.05) is 6.07 Å². The Morgan fingerprint density at radius 3 is 3.24 bits per heavy atom. The van der Waals surface area contributed by atoms with E-state index in [2.05, 4.69) is 17.3 Å². The molecule has 1 aromatic rings. The van der Waals surface area contributed by atoms with Gasteiger partial charge >= 0.3 is 0 Å². The van der Waals surface area contributed by atoms with Gasteiger partial charge < -0.3 is 10.1 Å². The molecular weight excluding hydrogens is 220 g/mol. The van der Waals surface area contributed by atoms with Crippen LogP contribution in [-0.4, -0.2) is 28.8 Å². The van der Waals surface area contributed by atoms with Gasteiger partial charge in [0.05, 0.1) is 24.9 Å². The number of nitrogens with zero attached hydrogens (tertiary/aromatic N) is 3. The lowest BCUT2D eigenvalue weighted by molar-refractivity contribution is -0.123. The molecule has 1 amide bonds. The second kappa shape index (κ2) is 7.28. The Kier molecular flexibility index (Phi) is 5.58. The van der Waals surface area contributed by atoms with Crippen molar-refractivity contribution in [2.24, 2.45) is 0 Å². The van der Waals surface area contributed by atoms with Gasteiger partial charge in [-0.2, -0.15) is 10.4 Å². The van der Waals surface area contributed by atoms with Crippen LogP contribution >= 0.6 is 0 Å². The molecule has 0 saturated carbocycles. The molecule has 0 aliphatic heterocycles. The van der Waals surface area contributed by atoms with E-state index in [-0.39, 0.29) is 12.5 Å². The van der Waals surface area contributed by atoms with Gasteiger partial charge in [-0.25, -0.2) is 0 Å². The third-order valence-electron chi connectivity index (χ3n) is 1.99. The fourth-order valence-corrected chi connectivity index (χ4v) is 1.23. The highest BCUT2D eigenvalue weighted by Gasteiger charge is 2.03. The van der Waals surface area contributed by atoms with Crippen molar-refractivity contribution in [1.29, 1.82) is 5.26 Å². The molecule has 0 bridgehead atoms. The summed E-state index contributed by atoms with van der Waals surface area (Å²) in [6.07, 6.45) is 4.64. The van der Waals surface area contributed by atoms with Gasteiger partial charge in [-0.15, -0.1) is 0 Å². The third kappa shape index (κ3) is 5.02. The normalized spacial score (nSPS) is 9.65. The minimum Gasteiger partial charge on any atom is -0.480 e. The minimum atomic E-state index is -0.233. The summed E-state index contributed by atoms with van der Waals surface area (Å²) in [4.78, 5) is 11.3. The molecule has 0 radical (unpaired) electrons. The summed E-state index contributed by atoms with van der Waals surface area (Å²) in [6, 6.07) is 1.95. The monoisotopic (exact) mass is 236 g/mol. The molecule has 6 heteroatoms. The van der Waals surface area contributed by atoms with Crippen LogP contribution in [0.2, 0.25) is 0 Å². The molecule has 0 fully saturated rings. The van der Waals surface area contributed by atoms with E-state index >= 15 is 0 Å². The number of hydrogen-bond acceptors (Lipinski definition) is 4. The molecule has 6 nitrogen and oxygen atoms in total. The second-order valence-corrected chi connectivity index (χ2v) is 3.49. The predicted molar refractivity (Wildman–Crippen MR) is 61.3 cm³/mol. The molecular formula is C11H16N4O2. The molecule has 0 aliphatic carbocycles. The number of nitrogens with one attached hydrogen (secondary N) is 1. The smallest absolute Gasteiger partial charge is 0.257 e. The molecule has 0 aliphatic rings. The van der Waals surface area contributed by atoms with Crippen molar-refractivity contribution in [3.63, 3.8) is 0 Å². The molecule has 17 heavy (non-hydrogen) atoms. The first kappa shape index (κ1) is 13.0. The Bertz CT molecular complexity index is 394. The lowest BCUT2D eigenvalue weighted by Crippen LogP contribution is -2.29. The van der Waals surface area contributed by atoms with Crippen molar-refractivity contribution in [2.75, 3.05) is 13.2 Å². The second-order valence-electron chi connectivity index (χ2n) is 3.49. The number of aryl methyl sites for hydroxylation is 1. The van der Waals surface area contributed by atoms with E-state index in [4.69, 9.17) is 10.00 Å². The van der Waals surface area contributed by atoms with Gasteiger partial charge in [0.25, 0.3) is 5.91 Å². The van der Waals surface area contributed by atoms with Gasteiger partial charge in [-0.05, 0) is 6.42 Å². The maximum Gasteiger partial charge on any atom is 0.257 e. The molecule has 0 unspecified atom stereocenters. The first-order valence-corrected chi connectivity index (χ1v) is 5.55. The Balaban J connectivity index is 2.25. The summed E-state index contributed by atoms with van der Waals surface area (Å²) in [5, 5.41) is 14.9. The largest absolute Gasteiger partial charge is 0.480 e. The van der Waals surface area contributed by atoms with Crippen LogP contribution in [0, 0.1) is 11.3 Å². The fraction of sp³-hybridized carbons (Fsp3) is 0.545. The molecule has 92 valence electrons. The van der Waals surface area contributed by atoms with Crippen LogP contribution in [-0.2, 0) is 11.3 Å². The average Bonchev–Trinajstić information content (AvgIpc) is 2.75. The van der Waals surface area contributed by atoms with Gasteiger partial charge in [0.15, 0.2) is 12.4 Å². The summed E-state index contributed by atoms with van der Waals surface area (Å²) in [6.45, 7) is 3.19. The summed E-state index contributed by atoms with van der Waals surface area (Å²) in [5.41, 5.74) is 0. The zero-order valence-electron chi connectivity index (χ0n) is 9.85. The number of amides is 1. The van der Waals surface area contributed by atoms with Gasteiger partial charge in [-0.1, -0.05) is 6.92 Å². The Labute approximate surface area is 100 Å². The number of nitriles is 1. The van der Waals surface area contributed by atoms with Crippen LogP contribution in [0.5, 0.6) is 5.75 Å². The van der Waals surface area contributed by atoms with E-state index < -0.39 is 0 Å². The van der Waals surface area contributed by atoms with Crippen LogP contribution in [0.4, 0.5) is 0 Å². The lowest BCUT2D eigenvalue weighted by Gasteiger charge is -2.03. The summed E-state index contributed by atoms with van der Waals surface area (Å²) < 4.78 is 7.01. The number of carbonyl (C=O) groups excluding carboxylic acids is 1. The van der Waals surface area contributed by atoms with Crippen molar-refractivity contribution >= 4 is 5.91 Å². The number of aromatic nitrogens is 2. The van der Waals surface area contributed by atoms with E-state index in [9.17, 15) is 4.79 Å². The third-order valence-corrected chi connectivity index (χ3v) is 1.99. The van der Waals surface area contributed by atoms with Gasteiger partial charge in [0, 0.05) is 13.1 Å². The van der Waals surface area contributed by atoms with Crippen molar-refractivity contribution in [2.45, 2.75) is 26.3 Å². The summed E-state index contributed by atoms with van der Waals surface area (Å²) >= 11 is 0. The molecule has 1 rings (SSSR count). The number of hydrogen-bond donors (Lipinski definition) is 1. The Morgan fingerprint density at radius 2 is 2.53 bits per heavy atom. The molecule has 0 spiro atoms. The average molecular weight is 236 g/mol. The SMILES string of the molecule is CCCn1cc(OCC(=O)NCCC#N)cn1. The first-order valence-electron chi connectivity index (χ1n) is 5.55. The highest BCUT2D eigenvalue weighted by atomic mass is 16.5. The minimum absolute atomic E-state index is 0.0523. The summed E-state index contributed by atoms with van der Waals surface area (Å²) in [5.74, 6) is 0.345. The maximum atomic E-state index is 11.3. The standard InChI is InChI=1S/C11H16N4O2/c1-2-6-15-8-10(7-14-15)17-9-11(16)13-5-3-4-12/h7-8H,2-3,5-6,9H2,1H3,(H,13,16). The van der Waals surface area contributed by atoms with E-state index in [1.165, 1.54) is 0 Å². The Morgan fingerprint density at radius 1 is 1.71 bits per heavy atom. The fourth-order valence-electron chi connectivity index (χ4n) is 1.23. The zero-order chi connectivity index (χ0) is 12.5. The number of ether oxygens (including phenoxy) is 1. The van der Waals surface area contributed by atoms with Crippen molar-refractivity contribution in [3.05, 3.63) is 12.4 Å². The Hall–Kier alpha value is -2.03. The van der Waals surface area contributed by atoms with E-state index in [0.717, 1.165) is 13.0 Å². The molecule has 0 atom stereocenters. The molecule has 0 aromatic carbocycles. The van der Waals surface area contributed by atoms with Crippen molar-refractivity contribution < 1.29 is 9.53 Å². The maximum absolute atomic E-state index is 11.3. The van der Waals surface area contributed by atoms with E-state index in [1.54, 1.807) is 17.1 Å². The van der Waals surface area contributed by atoms with Crippen LogP contribution < -0.4 is 10.1 Å². The van der Waals surface area contributed by atoms with E-state index in [0.29, 0.717) is 18.7 Å². The highest BCUT2D eigenvalue weighted by Crippen LogP contribution is 2.07. The highest BCUT2D eigenvalue weighted by molar-refractivity contribution is 5.77. The molecule has 1 heterocycles. The quantitative estimate of drug-likeness (QED) is 0.707. The lowest BCUT2D eigenvalue weighted by atomic mass is 10.4. The van der Waals surface area contributed by atoms with Crippen LogP contribution in [0.1, 0.15) is 19.8 Å². The van der Waals surface area contributed by atoms with Crippen LogP contribution in [0.3, 0.4) is 0 Å². The van der Waals surface area contributed by atoms with Crippen LogP contribution in [0.25, 0.3) is 0 Å². The predicted octanol–water partition coefficient (Wildman–Crippen LogP) is 0.702. The summed E-state index contributed by atoms with van der Waals surface area (Å²) in [7, 11) is 0. The van der Waals surface area contributed by atoms with Gasteiger partial charge in [0.2, 0.25) is 0 Å². The van der Waals surface area contributed by atoms with Gasteiger partial charge in [-0.3, -0.25) is 9.48 Å². The topological polar surface area (TPSA) is 79.9 Å². The van der Waals surface area contributed by atoms with Crippen LogP contribution in [0.15, 0.2) is 12.4 Å². The van der Waals surface area contributed by atoms with Crippen molar-refractivity contribution in [3.8, 4) is 11.8 Å². The van der Waals surface area contributed by atoms with Crippen molar-refractivity contribution in [1.82, 2.24) is 15.1 Å². The van der Waals surface area contributed by atoms with Gasteiger partial charge in [0.1, 0.15) is 0 Å². The zero-order valence-corrected chi connectivity index (χ0v) is 9.85. The molecule has 1 aromatic heterocycles.